The second-order valence-corrected chi connectivity index (χ2v) is 2.10. The fourth-order valence-electron chi connectivity index (χ4n) is 0.870. The van der Waals surface area contributed by atoms with E-state index in [0.29, 0.717) is 0 Å². The molecule has 0 unspecified atom stereocenters. The Bertz CT molecular complexity index is 219. The predicted molar refractivity (Wildman–Crippen MR) is 36.4 cm³/mol. The van der Waals surface area contributed by atoms with Gasteiger partial charge in [-0.2, -0.15) is 0 Å². The zero-order valence-electron chi connectivity index (χ0n) is 6.20. The molecule has 1 rings (SSSR count). The second kappa shape index (κ2) is 2.79. The van der Waals surface area contributed by atoms with Gasteiger partial charge in [-0.05, 0) is 13.8 Å². The van der Waals surface area contributed by atoms with Crippen LogP contribution in [0.2, 0.25) is 0 Å². The SMILES string of the molecule is CCn1nnc(C)c1CO. The van der Waals surface area contributed by atoms with Crippen LogP contribution in [0.25, 0.3) is 0 Å². The average Bonchev–Trinajstić information content (AvgIpc) is 2.30. The molecule has 0 aliphatic carbocycles. The Balaban J connectivity index is 3.01. The lowest BCUT2D eigenvalue weighted by Gasteiger charge is -1.98. The minimum absolute atomic E-state index is 0.0205. The third-order valence-corrected chi connectivity index (χ3v) is 1.48. The van der Waals surface area contributed by atoms with Crippen LogP contribution < -0.4 is 0 Å². The molecule has 0 amide bonds. The van der Waals surface area contributed by atoms with E-state index in [2.05, 4.69) is 10.3 Å². The van der Waals surface area contributed by atoms with Crippen LogP contribution in [0.4, 0.5) is 0 Å². The van der Waals surface area contributed by atoms with E-state index in [9.17, 15) is 0 Å². The fraction of sp³-hybridized carbons (Fsp3) is 0.667. The molecule has 1 aromatic heterocycles. The van der Waals surface area contributed by atoms with Crippen molar-refractivity contribution in [3.63, 3.8) is 0 Å². The van der Waals surface area contributed by atoms with Crippen molar-refractivity contribution in [3.8, 4) is 0 Å². The molecule has 0 aromatic carbocycles. The lowest BCUT2D eigenvalue weighted by molar-refractivity contribution is 0.267. The molecule has 56 valence electrons. The topological polar surface area (TPSA) is 50.9 Å². The molecule has 0 bridgehead atoms. The van der Waals surface area contributed by atoms with Gasteiger partial charge in [0.05, 0.1) is 18.0 Å². The maximum Gasteiger partial charge on any atom is 0.0870 e. The second-order valence-electron chi connectivity index (χ2n) is 2.10. The molecule has 0 fully saturated rings. The molecule has 10 heavy (non-hydrogen) atoms. The minimum Gasteiger partial charge on any atom is -0.390 e. The zero-order chi connectivity index (χ0) is 7.56. The molecule has 0 atom stereocenters. The molecular formula is C6H11N3O. The van der Waals surface area contributed by atoms with Crippen molar-refractivity contribution in [3.05, 3.63) is 11.4 Å². The van der Waals surface area contributed by atoms with E-state index in [-0.39, 0.29) is 6.61 Å². The molecule has 0 saturated heterocycles. The standard InChI is InChI=1S/C6H11N3O/c1-3-9-6(4-10)5(2)7-8-9/h10H,3-4H2,1-2H3. The normalized spacial score (nSPS) is 10.3. The van der Waals surface area contributed by atoms with Crippen LogP contribution in [0.5, 0.6) is 0 Å². The molecule has 0 spiro atoms. The third-order valence-electron chi connectivity index (χ3n) is 1.48. The van der Waals surface area contributed by atoms with Crippen LogP contribution >= 0.6 is 0 Å². The first-order chi connectivity index (χ1) is 4.79. The number of aliphatic hydroxyl groups is 1. The number of hydrogen-bond acceptors (Lipinski definition) is 3. The Morgan fingerprint density at radius 3 is 2.70 bits per heavy atom. The Hall–Kier alpha value is -0.900. The average molecular weight is 141 g/mol. The summed E-state index contributed by atoms with van der Waals surface area (Å²) >= 11 is 0. The lowest BCUT2D eigenvalue weighted by Crippen LogP contribution is -2.02. The maximum absolute atomic E-state index is 8.82. The molecule has 0 radical (unpaired) electrons. The molecule has 0 aliphatic rings. The zero-order valence-corrected chi connectivity index (χ0v) is 6.20. The van der Waals surface area contributed by atoms with Crippen LogP contribution in [-0.2, 0) is 13.2 Å². The van der Waals surface area contributed by atoms with E-state index in [1.54, 1.807) is 4.68 Å². The van der Waals surface area contributed by atoms with Crippen LogP contribution in [0, 0.1) is 6.92 Å². The van der Waals surface area contributed by atoms with E-state index in [1.165, 1.54) is 0 Å². The van der Waals surface area contributed by atoms with E-state index < -0.39 is 0 Å². The largest absolute Gasteiger partial charge is 0.390 e. The van der Waals surface area contributed by atoms with Gasteiger partial charge in [-0.15, -0.1) is 5.10 Å². The molecule has 1 heterocycles. The van der Waals surface area contributed by atoms with Gasteiger partial charge in [-0.25, -0.2) is 4.68 Å². The Kier molecular flexibility index (Phi) is 2.01. The first-order valence-electron chi connectivity index (χ1n) is 3.29. The molecule has 4 nitrogen and oxygen atoms in total. The van der Waals surface area contributed by atoms with Gasteiger partial charge in [0.2, 0.25) is 0 Å². The van der Waals surface area contributed by atoms with Crippen molar-refractivity contribution in [2.75, 3.05) is 0 Å². The Morgan fingerprint density at radius 2 is 2.30 bits per heavy atom. The van der Waals surface area contributed by atoms with Gasteiger partial charge in [0, 0.05) is 6.54 Å². The van der Waals surface area contributed by atoms with Crippen molar-refractivity contribution in [1.29, 1.82) is 0 Å². The van der Waals surface area contributed by atoms with Crippen molar-refractivity contribution >= 4 is 0 Å². The quantitative estimate of drug-likeness (QED) is 0.635. The van der Waals surface area contributed by atoms with Crippen LogP contribution in [0.15, 0.2) is 0 Å². The summed E-state index contributed by atoms with van der Waals surface area (Å²) in [6.07, 6.45) is 0. The summed E-state index contributed by atoms with van der Waals surface area (Å²) in [6.45, 7) is 4.58. The van der Waals surface area contributed by atoms with Crippen molar-refractivity contribution in [2.45, 2.75) is 27.0 Å². The summed E-state index contributed by atoms with van der Waals surface area (Å²) in [5, 5.41) is 16.4. The van der Waals surface area contributed by atoms with Crippen molar-refractivity contribution in [2.24, 2.45) is 0 Å². The number of aryl methyl sites for hydroxylation is 2. The van der Waals surface area contributed by atoms with Crippen molar-refractivity contribution in [1.82, 2.24) is 15.0 Å². The van der Waals surface area contributed by atoms with E-state index in [0.717, 1.165) is 17.9 Å². The van der Waals surface area contributed by atoms with Crippen molar-refractivity contribution < 1.29 is 5.11 Å². The first kappa shape index (κ1) is 7.21. The van der Waals surface area contributed by atoms with Gasteiger partial charge in [-0.3, -0.25) is 0 Å². The predicted octanol–water partition coefficient (Wildman–Crippen LogP) is 0.0987. The highest BCUT2D eigenvalue weighted by molar-refractivity contribution is 5.05. The lowest BCUT2D eigenvalue weighted by atomic mass is 10.3. The molecule has 0 saturated carbocycles. The van der Waals surface area contributed by atoms with Gasteiger partial charge in [0.1, 0.15) is 0 Å². The van der Waals surface area contributed by atoms with Gasteiger partial charge >= 0.3 is 0 Å². The minimum atomic E-state index is 0.0205. The number of aliphatic hydroxyl groups excluding tert-OH is 1. The number of rotatable bonds is 2. The van der Waals surface area contributed by atoms with Crippen LogP contribution in [0.3, 0.4) is 0 Å². The summed E-state index contributed by atoms with van der Waals surface area (Å²) in [4.78, 5) is 0. The monoisotopic (exact) mass is 141 g/mol. The Morgan fingerprint density at radius 1 is 1.60 bits per heavy atom. The smallest absolute Gasteiger partial charge is 0.0870 e. The molecular weight excluding hydrogens is 130 g/mol. The van der Waals surface area contributed by atoms with Crippen LogP contribution in [0.1, 0.15) is 18.3 Å². The Labute approximate surface area is 59.5 Å². The summed E-state index contributed by atoms with van der Waals surface area (Å²) in [5.41, 5.74) is 1.62. The van der Waals surface area contributed by atoms with Gasteiger partial charge in [-0.1, -0.05) is 5.21 Å². The third kappa shape index (κ3) is 1.02. The summed E-state index contributed by atoms with van der Waals surface area (Å²) in [6, 6.07) is 0. The van der Waals surface area contributed by atoms with E-state index in [4.69, 9.17) is 5.11 Å². The number of nitrogens with zero attached hydrogens (tertiary/aromatic N) is 3. The first-order valence-corrected chi connectivity index (χ1v) is 3.29. The highest BCUT2D eigenvalue weighted by atomic mass is 16.3. The summed E-state index contributed by atoms with van der Waals surface area (Å²) < 4.78 is 1.69. The molecule has 1 N–H and O–H groups in total. The van der Waals surface area contributed by atoms with Gasteiger partial charge < -0.3 is 5.11 Å². The maximum atomic E-state index is 8.82. The molecule has 4 heteroatoms. The van der Waals surface area contributed by atoms with Crippen LogP contribution in [-0.4, -0.2) is 20.1 Å². The highest BCUT2D eigenvalue weighted by Crippen LogP contribution is 2.02. The molecule has 1 aromatic rings. The fourth-order valence-corrected chi connectivity index (χ4v) is 0.870. The van der Waals surface area contributed by atoms with Gasteiger partial charge in [0.15, 0.2) is 0 Å². The number of hydrogen-bond donors (Lipinski definition) is 1. The summed E-state index contributed by atoms with van der Waals surface area (Å²) in [7, 11) is 0. The van der Waals surface area contributed by atoms with Gasteiger partial charge in [0.25, 0.3) is 0 Å². The van der Waals surface area contributed by atoms with E-state index in [1.807, 2.05) is 13.8 Å². The number of aromatic nitrogens is 3. The summed E-state index contributed by atoms with van der Waals surface area (Å²) in [5.74, 6) is 0. The molecule has 0 aliphatic heterocycles. The van der Waals surface area contributed by atoms with E-state index >= 15 is 0 Å². The highest BCUT2D eigenvalue weighted by Gasteiger charge is 2.04.